The number of benzene rings is 1. The average molecular weight is 166 g/mol. The molecule has 0 fully saturated rings. The highest BCUT2D eigenvalue weighted by atomic mass is 16.5. The summed E-state index contributed by atoms with van der Waals surface area (Å²) < 4.78 is 0. The molecule has 0 radical (unpaired) electrons. The summed E-state index contributed by atoms with van der Waals surface area (Å²) in [5.74, 6) is -1.68. The minimum Gasteiger partial charge on any atom is -0.362 e. The summed E-state index contributed by atoms with van der Waals surface area (Å²) in [5, 5.41) is 19.1. The Morgan fingerprint density at radius 1 is 1.25 bits per heavy atom. The Kier molecular flexibility index (Phi) is 2.50. The monoisotopic (exact) mass is 166 g/mol. The van der Waals surface area contributed by atoms with Crippen LogP contribution in [0.5, 0.6) is 0 Å². The van der Waals surface area contributed by atoms with E-state index in [4.69, 9.17) is 0 Å². The fourth-order valence-electron chi connectivity index (χ4n) is 1.21. The molecule has 0 spiro atoms. The van der Waals surface area contributed by atoms with Crippen molar-refractivity contribution >= 4 is 0 Å². The van der Waals surface area contributed by atoms with Gasteiger partial charge in [0.1, 0.15) is 0 Å². The van der Waals surface area contributed by atoms with Crippen molar-refractivity contribution < 1.29 is 10.2 Å². The Morgan fingerprint density at radius 2 is 1.83 bits per heavy atom. The van der Waals surface area contributed by atoms with Crippen LogP contribution in [-0.4, -0.2) is 10.2 Å². The van der Waals surface area contributed by atoms with Crippen LogP contribution in [0.25, 0.3) is 0 Å². The first-order chi connectivity index (χ1) is 5.58. The molecule has 0 saturated carbocycles. The van der Waals surface area contributed by atoms with Crippen LogP contribution >= 0.6 is 0 Å². The molecule has 0 aliphatic carbocycles. The van der Waals surface area contributed by atoms with Gasteiger partial charge < -0.3 is 10.2 Å². The number of aryl methyl sites for hydroxylation is 1. The van der Waals surface area contributed by atoms with Crippen molar-refractivity contribution in [1.29, 1.82) is 0 Å². The van der Waals surface area contributed by atoms with Crippen LogP contribution in [0, 0.1) is 6.92 Å². The number of hydrogen-bond donors (Lipinski definition) is 2. The zero-order valence-electron chi connectivity index (χ0n) is 7.41. The van der Waals surface area contributed by atoms with E-state index in [1.165, 1.54) is 0 Å². The zero-order valence-corrected chi connectivity index (χ0v) is 7.41. The fourth-order valence-corrected chi connectivity index (χ4v) is 1.21. The van der Waals surface area contributed by atoms with Crippen LogP contribution in [-0.2, 0) is 5.79 Å². The smallest absolute Gasteiger partial charge is 0.189 e. The summed E-state index contributed by atoms with van der Waals surface area (Å²) in [7, 11) is 0. The molecule has 0 aromatic heterocycles. The molecule has 0 aliphatic rings. The Hall–Kier alpha value is -0.860. The lowest BCUT2D eigenvalue weighted by molar-refractivity contribution is -0.171. The Labute approximate surface area is 72.5 Å². The van der Waals surface area contributed by atoms with E-state index in [1.54, 1.807) is 19.1 Å². The zero-order chi connectivity index (χ0) is 9.19. The molecule has 1 rings (SSSR count). The van der Waals surface area contributed by atoms with Crippen LogP contribution < -0.4 is 0 Å². The van der Waals surface area contributed by atoms with E-state index in [-0.39, 0.29) is 0 Å². The first-order valence-electron chi connectivity index (χ1n) is 4.09. The number of hydrogen-bond acceptors (Lipinski definition) is 2. The van der Waals surface area contributed by atoms with Gasteiger partial charge in [0.25, 0.3) is 0 Å². The fraction of sp³-hybridized carbons (Fsp3) is 0.400. The van der Waals surface area contributed by atoms with Gasteiger partial charge in [0.05, 0.1) is 0 Å². The highest BCUT2D eigenvalue weighted by Gasteiger charge is 2.24. The average Bonchev–Trinajstić information content (AvgIpc) is 2.05. The second kappa shape index (κ2) is 3.25. The molecule has 2 heteroatoms. The molecule has 66 valence electrons. The summed E-state index contributed by atoms with van der Waals surface area (Å²) in [4.78, 5) is 0. The molecular weight excluding hydrogens is 152 g/mol. The van der Waals surface area contributed by atoms with E-state index in [0.29, 0.717) is 12.0 Å². The highest BCUT2D eigenvalue weighted by molar-refractivity contribution is 5.29. The second-order valence-electron chi connectivity index (χ2n) is 2.99. The Bertz CT molecular complexity index is 266. The van der Waals surface area contributed by atoms with E-state index < -0.39 is 5.79 Å². The minimum atomic E-state index is -1.68. The largest absolute Gasteiger partial charge is 0.362 e. The molecule has 2 N–H and O–H groups in total. The van der Waals surface area contributed by atoms with Gasteiger partial charge in [-0.15, -0.1) is 0 Å². The second-order valence-corrected chi connectivity index (χ2v) is 2.99. The first kappa shape index (κ1) is 9.23. The SMILES string of the molecule is CCC(O)(O)c1ccccc1C. The predicted octanol–water partition coefficient (Wildman–Crippen LogP) is 1.54. The van der Waals surface area contributed by atoms with E-state index in [9.17, 15) is 10.2 Å². The van der Waals surface area contributed by atoms with E-state index in [0.717, 1.165) is 5.56 Å². The summed E-state index contributed by atoms with van der Waals surface area (Å²) in [6.45, 7) is 3.61. The van der Waals surface area contributed by atoms with Crippen LogP contribution in [0.3, 0.4) is 0 Å². The molecule has 0 atom stereocenters. The van der Waals surface area contributed by atoms with Crippen molar-refractivity contribution in [3.05, 3.63) is 35.4 Å². The molecule has 1 aromatic rings. The lowest BCUT2D eigenvalue weighted by Crippen LogP contribution is -2.24. The van der Waals surface area contributed by atoms with Crippen LogP contribution in [0.1, 0.15) is 24.5 Å². The third-order valence-corrected chi connectivity index (χ3v) is 2.07. The van der Waals surface area contributed by atoms with Gasteiger partial charge in [-0.3, -0.25) is 0 Å². The van der Waals surface area contributed by atoms with Gasteiger partial charge in [0.15, 0.2) is 5.79 Å². The van der Waals surface area contributed by atoms with Gasteiger partial charge in [0, 0.05) is 12.0 Å². The molecule has 0 unspecified atom stereocenters. The predicted molar refractivity (Wildman–Crippen MR) is 47.6 cm³/mol. The van der Waals surface area contributed by atoms with E-state index in [2.05, 4.69) is 0 Å². The molecule has 0 bridgehead atoms. The topological polar surface area (TPSA) is 40.5 Å². The highest BCUT2D eigenvalue weighted by Crippen LogP contribution is 2.23. The van der Waals surface area contributed by atoms with Gasteiger partial charge in [-0.05, 0) is 12.5 Å². The van der Waals surface area contributed by atoms with Crippen molar-refractivity contribution in [2.45, 2.75) is 26.1 Å². The van der Waals surface area contributed by atoms with E-state index >= 15 is 0 Å². The first-order valence-corrected chi connectivity index (χ1v) is 4.09. The molecule has 0 amide bonds. The third kappa shape index (κ3) is 1.65. The normalized spacial score (nSPS) is 11.7. The van der Waals surface area contributed by atoms with Gasteiger partial charge in [-0.2, -0.15) is 0 Å². The lowest BCUT2D eigenvalue weighted by Gasteiger charge is -2.21. The third-order valence-electron chi connectivity index (χ3n) is 2.07. The molecular formula is C10H14O2. The lowest BCUT2D eigenvalue weighted by atomic mass is 9.99. The quantitative estimate of drug-likeness (QED) is 0.654. The van der Waals surface area contributed by atoms with Crippen LogP contribution in [0.4, 0.5) is 0 Å². The maximum Gasteiger partial charge on any atom is 0.189 e. The molecule has 12 heavy (non-hydrogen) atoms. The molecule has 2 nitrogen and oxygen atoms in total. The van der Waals surface area contributed by atoms with Crippen molar-refractivity contribution in [2.24, 2.45) is 0 Å². The van der Waals surface area contributed by atoms with Gasteiger partial charge >= 0.3 is 0 Å². The minimum absolute atomic E-state index is 0.303. The number of aliphatic hydroxyl groups is 2. The summed E-state index contributed by atoms with van der Waals surface area (Å²) in [5.41, 5.74) is 1.50. The van der Waals surface area contributed by atoms with Gasteiger partial charge in [-0.1, -0.05) is 31.2 Å². The van der Waals surface area contributed by atoms with Crippen molar-refractivity contribution in [3.63, 3.8) is 0 Å². The maximum absolute atomic E-state index is 9.53. The van der Waals surface area contributed by atoms with Crippen molar-refractivity contribution in [1.82, 2.24) is 0 Å². The molecule has 1 aromatic carbocycles. The van der Waals surface area contributed by atoms with Crippen molar-refractivity contribution in [2.75, 3.05) is 0 Å². The maximum atomic E-state index is 9.53. The van der Waals surface area contributed by atoms with Gasteiger partial charge in [-0.25, -0.2) is 0 Å². The van der Waals surface area contributed by atoms with Gasteiger partial charge in [0.2, 0.25) is 0 Å². The Morgan fingerprint density at radius 3 is 2.33 bits per heavy atom. The summed E-state index contributed by atoms with van der Waals surface area (Å²) in [6, 6.07) is 7.29. The summed E-state index contributed by atoms with van der Waals surface area (Å²) >= 11 is 0. The summed E-state index contributed by atoms with van der Waals surface area (Å²) in [6.07, 6.45) is 0.303. The number of rotatable bonds is 2. The van der Waals surface area contributed by atoms with Crippen LogP contribution in [0.2, 0.25) is 0 Å². The molecule has 0 saturated heterocycles. The van der Waals surface area contributed by atoms with Crippen molar-refractivity contribution in [3.8, 4) is 0 Å². The molecule has 0 heterocycles. The van der Waals surface area contributed by atoms with Crippen LogP contribution in [0.15, 0.2) is 24.3 Å². The Balaban J connectivity index is 3.10. The molecule has 0 aliphatic heterocycles. The standard InChI is InChI=1S/C10H14O2/c1-3-10(11,12)9-7-5-4-6-8(9)2/h4-7,11-12H,3H2,1-2H3. The van der Waals surface area contributed by atoms with E-state index in [1.807, 2.05) is 19.1 Å².